The van der Waals surface area contributed by atoms with E-state index in [0.717, 1.165) is 45.4 Å². The maximum atomic E-state index is 10.3. The molecule has 1 aliphatic heterocycles. The Labute approximate surface area is 146 Å². The Kier molecular flexibility index (Phi) is 4.47. The van der Waals surface area contributed by atoms with Gasteiger partial charge in [-0.05, 0) is 25.0 Å². The molecule has 2 aromatic heterocycles. The lowest BCUT2D eigenvalue weighted by molar-refractivity contribution is 0.0170. The van der Waals surface area contributed by atoms with Crippen LogP contribution in [0.3, 0.4) is 0 Å². The van der Waals surface area contributed by atoms with Gasteiger partial charge in [-0.3, -0.25) is 4.90 Å². The van der Waals surface area contributed by atoms with Gasteiger partial charge in [-0.25, -0.2) is 0 Å². The molecule has 2 aliphatic rings. The average Bonchev–Trinajstić information content (AvgIpc) is 3.32. The molecular weight excluding hydrogens is 320 g/mol. The van der Waals surface area contributed by atoms with Gasteiger partial charge in [0.15, 0.2) is 5.76 Å². The van der Waals surface area contributed by atoms with Gasteiger partial charge in [-0.1, -0.05) is 12.8 Å². The summed E-state index contributed by atoms with van der Waals surface area (Å²) in [4.78, 5) is 8.68. The molecule has 2 fully saturated rings. The average molecular weight is 342 g/mol. The van der Waals surface area contributed by atoms with Crippen molar-refractivity contribution in [2.45, 2.75) is 37.8 Å². The first-order chi connectivity index (χ1) is 12.3. The topological polar surface area (TPSA) is 89.7 Å². The van der Waals surface area contributed by atoms with Crippen LogP contribution < -0.4 is 4.90 Å². The van der Waals surface area contributed by atoms with E-state index in [9.17, 15) is 10.4 Å². The van der Waals surface area contributed by atoms with Crippen LogP contribution in [0.4, 0.5) is 5.88 Å². The van der Waals surface area contributed by atoms with Crippen molar-refractivity contribution in [3.05, 3.63) is 24.1 Å². The minimum absolute atomic E-state index is 0.217. The van der Waals surface area contributed by atoms with Crippen LogP contribution in [0.25, 0.3) is 11.7 Å². The molecule has 25 heavy (non-hydrogen) atoms. The second-order valence-corrected chi connectivity index (χ2v) is 6.70. The second-order valence-electron chi connectivity index (χ2n) is 6.70. The third-order valence-corrected chi connectivity index (χ3v) is 5.21. The maximum absolute atomic E-state index is 10.3. The summed E-state index contributed by atoms with van der Waals surface area (Å²) in [6.45, 7) is 3.21. The van der Waals surface area contributed by atoms with E-state index in [-0.39, 0.29) is 17.8 Å². The number of nitrogens with zero attached hydrogens (tertiary/aromatic N) is 4. The largest absolute Gasteiger partial charge is 0.459 e. The first kappa shape index (κ1) is 16.2. The van der Waals surface area contributed by atoms with E-state index in [2.05, 4.69) is 20.9 Å². The quantitative estimate of drug-likeness (QED) is 0.915. The zero-order valence-corrected chi connectivity index (χ0v) is 14.1. The van der Waals surface area contributed by atoms with Crippen molar-refractivity contribution >= 4 is 5.88 Å². The van der Waals surface area contributed by atoms with E-state index in [0.29, 0.717) is 17.5 Å². The molecule has 3 heterocycles. The first-order valence-corrected chi connectivity index (χ1v) is 8.88. The summed E-state index contributed by atoms with van der Waals surface area (Å²) < 4.78 is 11.1. The van der Waals surface area contributed by atoms with Gasteiger partial charge in [0.1, 0.15) is 6.07 Å². The summed E-state index contributed by atoms with van der Waals surface area (Å²) in [5.74, 6) is 1.37. The van der Waals surface area contributed by atoms with Crippen molar-refractivity contribution in [1.82, 2.24) is 9.88 Å². The van der Waals surface area contributed by atoms with Gasteiger partial charge in [0, 0.05) is 32.2 Å². The molecule has 1 N–H and O–H groups in total. The maximum Gasteiger partial charge on any atom is 0.266 e. The van der Waals surface area contributed by atoms with Gasteiger partial charge in [-0.15, -0.1) is 0 Å². The number of piperazine rings is 1. The minimum Gasteiger partial charge on any atom is -0.459 e. The molecule has 0 spiro atoms. The molecule has 0 aromatic carbocycles. The van der Waals surface area contributed by atoms with Crippen molar-refractivity contribution < 1.29 is 13.9 Å². The lowest BCUT2D eigenvalue weighted by atomic mass is 9.91. The van der Waals surface area contributed by atoms with Crippen LogP contribution in [0, 0.1) is 11.3 Å². The summed E-state index contributed by atoms with van der Waals surface area (Å²) in [7, 11) is 0. The molecule has 4 rings (SSSR count). The Morgan fingerprint density at radius 1 is 1.20 bits per heavy atom. The van der Waals surface area contributed by atoms with Gasteiger partial charge < -0.3 is 18.8 Å². The second kappa shape index (κ2) is 6.90. The molecule has 0 bridgehead atoms. The van der Waals surface area contributed by atoms with Crippen LogP contribution in [-0.2, 0) is 0 Å². The van der Waals surface area contributed by atoms with E-state index >= 15 is 0 Å². The summed E-state index contributed by atoms with van der Waals surface area (Å²) in [5.41, 5.74) is 0.289. The number of aliphatic hydroxyl groups excluding tert-OH is 1. The SMILES string of the molecule is N#Cc1nc(-c2ccco2)oc1N1CCN(C2CCCCC2O)CC1. The Bertz CT molecular complexity index is 741. The molecule has 2 atom stereocenters. The van der Waals surface area contributed by atoms with Crippen molar-refractivity contribution in [3.8, 4) is 17.7 Å². The Morgan fingerprint density at radius 2 is 2.00 bits per heavy atom. The van der Waals surface area contributed by atoms with Crippen molar-refractivity contribution in [2.75, 3.05) is 31.1 Å². The predicted octanol–water partition coefficient (Wildman–Crippen LogP) is 2.23. The fourth-order valence-corrected chi connectivity index (χ4v) is 3.88. The van der Waals surface area contributed by atoms with Crippen LogP contribution >= 0.6 is 0 Å². The van der Waals surface area contributed by atoms with Gasteiger partial charge in [0.05, 0.1) is 12.4 Å². The monoisotopic (exact) mass is 342 g/mol. The van der Waals surface area contributed by atoms with Crippen LogP contribution in [0.1, 0.15) is 31.4 Å². The van der Waals surface area contributed by atoms with Crippen molar-refractivity contribution in [3.63, 3.8) is 0 Å². The lowest BCUT2D eigenvalue weighted by Gasteiger charge is -2.42. The highest BCUT2D eigenvalue weighted by Crippen LogP contribution is 2.30. The summed E-state index contributed by atoms with van der Waals surface area (Å²) >= 11 is 0. The number of oxazole rings is 1. The number of nitriles is 1. The molecule has 7 nitrogen and oxygen atoms in total. The number of rotatable bonds is 3. The smallest absolute Gasteiger partial charge is 0.266 e. The molecular formula is C18H22N4O3. The van der Waals surface area contributed by atoms with E-state index in [1.807, 2.05) is 0 Å². The Morgan fingerprint density at radius 3 is 2.68 bits per heavy atom. The molecule has 0 amide bonds. The number of hydrogen-bond donors (Lipinski definition) is 1. The molecule has 0 radical (unpaired) electrons. The Balaban J connectivity index is 1.46. The number of anilines is 1. The van der Waals surface area contributed by atoms with Gasteiger partial charge in [0.25, 0.3) is 5.89 Å². The van der Waals surface area contributed by atoms with E-state index in [1.165, 1.54) is 6.42 Å². The normalized spacial score (nSPS) is 25.0. The number of aliphatic hydroxyl groups is 1. The molecule has 2 aromatic rings. The van der Waals surface area contributed by atoms with Gasteiger partial charge >= 0.3 is 0 Å². The first-order valence-electron chi connectivity index (χ1n) is 8.88. The highest BCUT2D eigenvalue weighted by molar-refractivity contribution is 5.55. The van der Waals surface area contributed by atoms with Gasteiger partial charge in [0.2, 0.25) is 11.6 Å². The fourth-order valence-electron chi connectivity index (χ4n) is 3.88. The van der Waals surface area contributed by atoms with Crippen LogP contribution in [0.15, 0.2) is 27.2 Å². The van der Waals surface area contributed by atoms with Crippen LogP contribution in [-0.4, -0.2) is 53.3 Å². The number of aromatic nitrogens is 1. The molecule has 1 saturated heterocycles. The molecule has 132 valence electrons. The third kappa shape index (κ3) is 3.15. The summed E-state index contributed by atoms with van der Waals surface area (Å²) in [6, 6.07) is 5.91. The minimum atomic E-state index is -0.217. The predicted molar refractivity (Wildman–Crippen MR) is 91.0 cm³/mol. The summed E-state index contributed by atoms with van der Waals surface area (Å²) in [5, 5.41) is 19.6. The summed E-state index contributed by atoms with van der Waals surface area (Å²) in [6.07, 6.45) is 5.62. The third-order valence-electron chi connectivity index (χ3n) is 5.21. The lowest BCUT2D eigenvalue weighted by Crippen LogP contribution is -2.54. The van der Waals surface area contributed by atoms with E-state index in [4.69, 9.17) is 8.83 Å². The van der Waals surface area contributed by atoms with E-state index < -0.39 is 0 Å². The highest BCUT2D eigenvalue weighted by atomic mass is 16.4. The molecule has 1 aliphatic carbocycles. The molecule has 7 heteroatoms. The van der Waals surface area contributed by atoms with Crippen molar-refractivity contribution in [1.29, 1.82) is 5.26 Å². The fraction of sp³-hybridized carbons (Fsp3) is 0.556. The molecule has 1 saturated carbocycles. The zero-order chi connectivity index (χ0) is 17.2. The van der Waals surface area contributed by atoms with Crippen LogP contribution in [0.5, 0.6) is 0 Å². The van der Waals surface area contributed by atoms with Crippen molar-refractivity contribution in [2.24, 2.45) is 0 Å². The Hall–Kier alpha value is -2.30. The highest BCUT2D eigenvalue weighted by Gasteiger charge is 2.32. The number of furan rings is 1. The zero-order valence-electron chi connectivity index (χ0n) is 14.1. The molecule has 2 unspecified atom stereocenters. The standard InChI is InChI=1S/C18H22N4O3/c19-12-13-18(25-17(20-13)16-6-3-11-24-16)22-9-7-21(8-10-22)14-4-1-2-5-15(14)23/h3,6,11,14-15,23H,1-2,4-5,7-10H2. The number of hydrogen-bond acceptors (Lipinski definition) is 7. The van der Waals surface area contributed by atoms with Gasteiger partial charge in [-0.2, -0.15) is 10.2 Å². The van der Waals surface area contributed by atoms with E-state index in [1.54, 1.807) is 18.4 Å². The van der Waals surface area contributed by atoms with Crippen LogP contribution in [0.2, 0.25) is 0 Å².